The molecule has 0 unspecified atom stereocenters. The molecule has 1 rings (SSSR count). The maximum Gasteiger partial charge on any atom is 0.239 e. The Kier molecular flexibility index (Phi) is 5.97. The van der Waals surface area contributed by atoms with Gasteiger partial charge in [0.1, 0.15) is 0 Å². The number of amides is 2. The predicted octanol–water partition coefficient (Wildman–Crippen LogP) is 0.0668. The number of carbonyl (C=O) groups excluding carboxylic acids is 2. The molecule has 0 aliphatic carbocycles. The summed E-state index contributed by atoms with van der Waals surface area (Å²) in [5, 5.41) is 2.85. The van der Waals surface area contributed by atoms with Gasteiger partial charge in [-0.05, 0) is 39.9 Å². The average molecular weight is 241 g/mol. The Morgan fingerprint density at radius 1 is 1.41 bits per heavy atom. The highest BCUT2D eigenvalue weighted by Gasteiger charge is 2.19. The molecule has 5 nitrogen and oxygen atoms in total. The quantitative estimate of drug-likeness (QED) is 0.669. The summed E-state index contributed by atoms with van der Waals surface area (Å²) in [4.78, 5) is 26.8. The fourth-order valence-electron chi connectivity index (χ4n) is 1.88. The highest BCUT2D eigenvalue weighted by atomic mass is 16.2. The molecular weight excluding hydrogens is 218 g/mol. The van der Waals surface area contributed by atoms with E-state index in [0.717, 1.165) is 32.4 Å². The first kappa shape index (κ1) is 14.0. The molecule has 5 heteroatoms. The van der Waals surface area contributed by atoms with Crippen LogP contribution < -0.4 is 5.32 Å². The van der Waals surface area contributed by atoms with Gasteiger partial charge in [-0.3, -0.25) is 9.59 Å². The Labute approximate surface area is 103 Å². The van der Waals surface area contributed by atoms with Gasteiger partial charge >= 0.3 is 0 Å². The molecule has 0 spiro atoms. The summed E-state index contributed by atoms with van der Waals surface area (Å²) in [5.74, 6) is 0.0682. The number of piperidine rings is 1. The number of carbonyl (C=O) groups is 2. The largest absolute Gasteiger partial charge is 0.355 e. The van der Waals surface area contributed by atoms with Crippen LogP contribution in [0.15, 0.2) is 0 Å². The average Bonchev–Trinajstić information content (AvgIpc) is 2.27. The van der Waals surface area contributed by atoms with E-state index in [9.17, 15) is 9.59 Å². The van der Waals surface area contributed by atoms with Gasteiger partial charge in [0.25, 0.3) is 0 Å². The van der Waals surface area contributed by atoms with E-state index in [1.54, 1.807) is 4.90 Å². The second-order valence-corrected chi connectivity index (χ2v) is 4.78. The first-order chi connectivity index (χ1) is 8.09. The van der Waals surface area contributed by atoms with Crippen LogP contribution in [0.5, 0.6) is 0 Å². The van der Waals surface area contributed by atoms with E-state index in [1.807, 2.05) is 14.1 Å². The third-order valence-corrected chi connectivity index (χ3v) is 2.86. The minimum absolute atomic E-state index is 0.0426. The number of rotatable bonds is 6. The van der Waals surface area contributed by atoms with Crippen LogP contribution in [-0.2, 0) is 9.59 Å². The standard InChI is InChI=1S/C12H23N3O2/c1-14(2)8-5-7-13-11(16)10-15-9-4-3-6-12(15)17/h3-10H2,1-2H3,(H,13,16). The van der Waals surface area contributed by atoms with E-state index in [0.29, 0.717) is 13.0 Å². The van der Waals surface area contributed by atoms with Crippen molar-refractivity contribution in [1.29, 1.82) is 0 Å². The zero-order valence-electron chi connectivity index (χ0n) is 10.9. The number of nitrogens with zero attached hydrogens (tertiary/aromatic N) is 2. The molecule has 1 N–H and O–H groups in total. The lowest BCUT2D eigenvalue weighted by molar-refractivity contribution is -0.137. The minimum Gasteiger partial charge on any atom is -0.355 e. The van der Waals surface area contributed by atoms with Gasteiger partial charge in [-0.2, -0.15) is 0 Å². The van der Waals surface area contributed by atoms with Crippen LogP contribution in [0.25, 0.3) is 0 Å². The summed E-state index contributed by atoms with van der Waals surface area (Å²) in [6.07, 6.45) is 3.50. The number of nitrogens with one attached hydrogen (secondary N) is 1. The Morgan fingerprint density at radius 2 is 2.18 bits per heavy atom. The van der Waals surface area contributed by atoms with Gasteiger partial charge in [0.2, 0.25) is 11.8 Å². The molecule has 1 aliphatic heterocycles. The van der Waals surface area contributed by atoms with Crippen LogP contribution in [0, 0.1) is 0 Å². The van der Waals surface area contributed by atoms with Crippen LogP contribution in [0.1, 0.15) is 25.7 Å². The number of hydrogen-bond donors (Lipinski definition) is 1. The van der Waals surface area contributed by atoms with Gasteiger partial charge in [-0.1, -0.05) is 0 Å². The van der Waals surface area contributed by atoms with Crippen molar-refractivity contribution in [2.45, 2.75) is 25.7 Å². The summed E-state index contributed by atoms with van der Waals surface area (Å²) in [7, 11) is 4.02. The second-order valence-electron chi connectivity index (χ2n) is 4.78. The SMILES string of the molecule is CN(C)CCCNC(=O)CN1CCCCC1=O. The van der Waals surface area contributed by atoms with Crippen molar-refractivity contribution in [3.05, 3.63) is 0 Å². The van der Waals surface area contributed by atoms with E-state index < -0.39 is 0 Å². The van der Waals surface area contributed by atoms with Crippen LogP contribution in [0.2, 0.25) is 0 Å². The molecule has 0 aromatic rings. The van der Waals surface area contributed by atoms with Crippen molar-refractivity contribution < 1.29 is 9.59 Å². The molecule has 0 aromatic carbocycles. The van der Waals surface area contributed by atoms with E-state index in [1.165, 1.54) is 0 Å². The van der Waals surface area contributed by atoms with Crippen LogP contribution >= 0.6 is 0 Å². The smallest absolute Gasteiger partial charge is 0.239 e. The summed E-state index contributed by atoms with van der Waals surface area (Å²) in [5.41, 5.74) is 0. The molecule has 17 heavy (non-hydrogen) atoms. The minimum atomic E-state index is -0.0426. The Balaban J connectivity index is 2.13. The zero-order chi connectivity index (χ0) is 12.7. The Bertz CT molecular complexity index is 266. The predicted molar refractivity (Wildman–Crippen MR) is 66.6 cm³/mol. The molecule has 1 saturated heterocycles. The lowest BCUT2D eigenvalue weighted by Crippen LogP contribution is -2.43. The molecule has 0 atom stereocenters. The maximum atomic E-state index is 11.6. The van der Waals surface area contributed by atoms with Crippen LogP contribution in [0.3, 0.4) is 0 Å². The van der Waals surface area contributed by atoms with Gasteiger partial charge in [0.05, 0.1) is 6.54 Å². The summed E-state index contributed by atoms with van der Waals surface area (Å²) >= 11 is 0. The van der Waals surface area contributed by atoms with Gasteiger partial charge in [0, 0.05) is 19.5 Å². The van der Waals surface area contributed by atoms with E-state index >= 15 is 0 Å². The molecule has 1 heterocycles. The summed E-state index contributed by atoms with van der Waals surface area (Å²) in [6.45, 7) is 2.59. The molecule has 1 aliphatic rings. The highest BCUT2D eigenvalue weighted by Crippen LogP contribution is 2.09. The Morgan fingerprint density at radius 3 is 2.82 bits per heavy atom. The van der Waals surface area contributed by atoms with Crippen molar-refractivity contribution in [3.63, 3.8) is 0 Å². The van der Waals surface area contributed by atoms with Crippen molar-refractivity contribution in [3.8, 4) is 0 Å². The molecule has 0 radical (unpaired) electrons. The van der Waals surface area contributed by atoms with E-state index in [-0.39, 0.29) is 18.4 Å². The molecule has 1 fully saturated rings. The lowest BCUT2D eigenvalue weighted by Gasteiger charge is -2.26. The fraction of sp³-hybridized carbons (Fsp3) is 0.833. The van der Waals surface area contributed by atoms with E-state index in [4.69, 9.17) is 0 Å². The van der Waals surface area contributed by atoms with Crippen molar-refractivity contribution in [1.82, 2.24) is 15.1 Å². The maximum absolute atomic E-state index is 11.6. The summed E-state index contributed by atoms with van der Waals surface area (Å²) in [6, 6.07) is 0. The topological polar surface area (TPSA) is 52.7 Å². The number of hydrogen-bond acceptors (Lipinski definition) is 3. The Hall–Kier alpha value is -1.10. The van der Waals surface area contributed by atoms with Crippen molar-refractivity contribution >= 4 is 11.8 Å². The number of likely N-dealkylation sites (tertiary alicyclic amines) is 1. The van der Waals surface area contributed by atoms with Gasteiger partial charge in [-0.25, -0.2) is 0 Å². The highest BCUT2D eigenvalue weighted by molar-refractivity contribution is 5.85. The van der Waals surface area contributed by atoms with Crippen LogP contribution in [-0.4, -0.2) is 61.9 Å². The van der Waals surface area contributed by atoms with Crippen molar-refractivity contribution in [2.75, 3.05) is 40.3 Å². The second kappa shape index (κ2) is 7.27. The molecule has 0 saturated carbocycles. The molecular formula is C12H23N3O2. The van der Waals surface area contributed by atoms with Crippen molar-refractivity contribution in [2.24, 2.45) is 0 Å². The summed E-state index contributed by atoms with van der Waals surface area (Å²) < 4.78 is 0. The first-order valence-electron chi connectivity index (χ1n) is 6.29. The zero-order valence-corrected chi connectivity index (χ0v) is 10.9. The third kappa shape index (κ3) is 5.68. The first-order valence-corrected chi connectivity index (χ1v) is 6.29. The molecule has 2 amide bonds. The lowest BCUT2D eigenvalue weighted by atomic mass is 10.1. The van der Waals surface area contributed by atoms with E-state index in [2.05, 4.69) is 10.2 Å². The molecule has 98 valence electrons. The molecule has 0 aromatic heterocycles. The monoisotopic (exact) mass is 241 g/mol. The van der Waals surface area contributed by atoms with Gasteiger partial charge in [0.15, 0.2) is 0 Å². The van der Waals surface area contributed by atoms with Gasteiger partial charge < -0.3 is 15.1 Å². The molecule has 0 bridgehead atoms. The fourth-order valence-corrected chi connectivity index (χ4v) is 1.88. The normalized spacial score (nSPS) is 16.4. The van der Waals surface area contributed by atoms with Gasteiger partial charge in [-0.15, -0.1) is 0 Å². The van der Waals surface area contributed by atoms with Crippen LogP contribution in [0.4, 0.5) is 0 Å². The third-order valence-electron chi connectivity index (χ3n) is 2.86.